The van der Waals surface area contributed by atoms with Gasteiger partial charge in [0.25, 0.3) is 0 Å². The molecule has 1 fully saturated rings. The number of unbranched alkanes of at least 4 members (excludes halogenated alkanes) is 1. The molecular formula is C20H28FN3O2S. The first-order valence-electron chi connectivity index (χ1n) is 9.73. The Morgan fingerprint density at radius 3 is 2.63 bits per heavy atom. The van der Waals surface area contributed by atoms with Crippen molar-refractivity contribution in [2.24, 2.45) is 0 Å². The summed E-state index contributed by atoms with van der Waals surface area (Å²) in [5.74, 6) is -0.173. The van der Waals surface area contributed by atoms with E-state index in [0.29, 0.717) is 13.1 Å². The van der Waals surface area contributed by atoms with Gasteiger partial charge in [0.2, 0.25) is 15.0 Å². The minimum atomic E-state index is -3.35. The van der Waals surface area contributed by atoms with Crippen LogP contribution in [0.15, 0.2) is 35.6 Å². The fraction of sp³-hybridized carbons (Fsp3) is 0.550. The van der Waals surface area contributed by atoms with Crippen LogP contribution < -0.4 is 0 Å². The van der Waals surface area contributed by atoms with E-state index in [0.717, 1.165) is 43.5 Å². The first kappa shape index (κ1) is 20.0. The minimum Gasteiger partial charge on any atom is -0.318 e. The van der Waals surface area contributed by atoms with Gasteiger partial charge in [-0.05, 0) is 43.5 Å². The van der Waals surface area contributed by atoms with Crippen LogP contribution in [-0.2, 0) is 22.9 Å². The summed E-state index contributed by atoms with van der Waals surface area (Å²) in [4.78, 5) is 6.60. The van der Waals surface area contributed by atoms with E-state index in [1.54, 1.807) is 13.1 Å². The number of hydrogen-bond donors (Lipinski definition) is 0. The molecule has 1 aromatic carbocycles. The van der Waals surface area contributed by atoms with Gasteiger partial charge in [0.1, 0.15) is 5.82 Å². The molecule has 0 radical (unpaired) electrons. The quantitative estimate of drug-likeness (QED) is 0.681. The van der Waals surface area contributed by atoms with Crippen molar-refractivity contribution in [1.29, 1.82) is 0 Å². The van der Waals surface area contributed by atoms with Gasteiger partial charge >= 0.3 is 0 Å². The van der Waals surface area contributed by atoms with E-state index in [4.69, 9.17) is 0 Å². The van der Waals surface area contributed by atoms with Crippen LogP contribution in [0.25, 0.3) is 0 Å². The second-order valence-electron chi connectivity index (χ2n) is 7.12. The first-order chi connectivity index (χ1) is 13.0. The summed E-state index contributed by atoms with van der Waals surface area (Å²) >= 11 is 0. The Morgan fingerprint density at radius 2 is 1.96 bits per heavy atom. The fourth-order valence-corrected chi connectivity index (χ4v) is 4.75. The maximum atomic E-state index is 13.3. The van der Waals surface area contributed by atoms with Crippen molar-refractivity contribution in [3.63, 3.8) is 0 Å². The summed E-state index contributed by atoms with van der Waals surface area (Å²) in [6, 6.07) is 6.93. The number of sulfone groups is 1. The van der Waals surface area contributed by atoms with Gasteiger partial charge in [0, 0.05) is 19.1 Å². The number of likely N-dealkylation sites (tertiary alicyclic amines) is 1. The van der Waals surface area contributed by atoms with E-state index in [1.165, 1.54) is 12.1 Å². The Balaban J connectivity index is 1.86. The minimum absolute atomic E-state index is 0.0531. The zero-order chi connectivity index (χ0) is 19.4. The summed E-state index contributed by atoms with van der Waals surface area (Å²) < 4.78 is 40.0. The third kappa shape index (κ3) is 4.41. The van der Waals surface area contributed by atoms with Crippen molar-refractivity contribution in [3.05, 3.63) is 47.5 Å². The van der Waals surface area contributed by atoms with Crippen LogP contribution in [0.1, 0.15) is 56.8 Å². The van der Waals surface area contributed by atoms with Crippen molar-refractivity contribution in [1.82, 2.24) is 14.5 Å². The molecule has 7 heteroatoms. The number of halogens is 1. The second kappa shape index (κ2) is 8.52. The van der Waals surface area contributed by atoms with E-state index >= 15 is 0 Å². The molecule has 1 aromatic heterocycles. The predicted octanol–water partition coefficient (Wildman–Crippen LogP) is 3.95. The van der Waals surface area contributed by atoms with Crippen LogP contribution in [0, 0.1) is 5.82 Å². The highest BCUT2D eigenvalue weighted by Gasteiger charge is 2.28. The standard InChI is InChI=1S/C20H28FN3O2S/c1-3-5-13-24-18(14-22-20(24)27(25,26)4-2)15-23-12-6-7-19(23)16-8-10-17(21)11-9-16/h8-11,14,19H,3-7,12-13,15H2,1-2H3. The smallest absolute Gasteiger partial charge is 0.227 e. The normalized spacial score (nSPS) is 18.3. The molecule has 0 spiro atoms. The second-order valence-corrected chi connectivity index (χ2v) is 9.29. The Bertz CT molecular complexity index is 862. The molecule has 0 amide bonds. The lowest BCUT2D eigenvalue weighted by Gasteiger charge is -2.25. The molecule has 5 nitrogen and oxygen atoms in total. The van der Waals surface area contributed by atoms with Gasteiger partial charge < -0.3 is 4.57 Å². The van der Waals surface area contributed by atoms with Gasteiger partial charge in [0.05, 0.1) is 17.6 Å². The van der Waals surface area contributed by atoms with Crippen LogP contribution in [0.4, 0.5) is 4.39 Å². The van der Waals surface area contributed by atoms with Crippen molar-refractivity contribution in [2.45, 2.75) is 63.8 Å². The topological polar surface area (TPSA) is 55.2 Å². The lowest BCUT2D eigenvalue weighted by Crippen LogP contribution is -2.25. The maximum absolute atomic E-state index is 13.3. The van der Waals surface area contributed by atoms with Gasteiger partial charge in [0.15, 0.2) is 0 Å². The summed E-state index contributed by atoms with van der Waals surface area (Å²) in [6.45, 7) is 6.00. The Hall–Kier alpha value is -1.73. The highest BCUT2D eigenvalue weighted by Crippen LogP contribution is 2.33. The van der Waals surface area contributed by atoms with Gasteiger partial charge in [-0.1, -0.05) is 32.4 Å². The number of imidazole rings is 1. The third-order valence-corrected chi connectivity index (χ3v) is 6.92. The molecular weight excluding hydrogens is 365 g/mol. The number of rotatable bonds is 8. The predicted molar refractivity (Wildman–Crippen MR) is 104 cm³/mol. The molecule has 1 aliphatic heterocycles. The van der Waals surface area contributed by atoms with Crippen molar-refractivity contribution in [2.75, 3.05) is 12.3 Å². The average Bonchev–Trinajstić information content (AvgIpc) is 3.28. The summed E-state index contributed by atoms with van der Waals surface area (Å²) in [5, 5.41) is 0.186. The number of aromatic nitrogens is 2. The van der Waals surface area contributed by atoms with Gasteiger partial charge in [-0.15, -0.1) is 0 Å². The number of nitrogens with zero attached hydrogens (tertiary/aromatic N) is 3. The summed E-state index contributed by atoms with van der Waals surface area (Å²) in [6.07, 6.45) is 5.71. The lowest BCUT2D eigenvalue weighted by atomic mass is 10.0. The summed E-state index contributed by atoms with van der Waals surface area (Å²) in [5.41, 5.74) is 2.04. The maximum Gasteiger partial charge on any atom is 0.227 e. The van der Waals surface area contributed by atoms with Crippen LogP contribution in [0.2, 0.25) is 0 Å². The highest BCUT2D eigenvalue weighted by atomic mass is 32.2. The molecule has 3 rings (SSSR count). The Kier molecular flexibility index (Phi) is 6.32. The Labute approximate surface area is 161 Å². The third-order valence-electron chi connectivity index (χ3n) is 5.28. The number of hydrogen-bond acceptors (Lipinski definition) is 4. The van der Waals surface area contributed by atoms with Gasteiger partial charge in [-0.2, -0.15) is 0 Å². The number of benzene rings is 1. The zero-order valence-corrected chi connectivity index (χ0v) is 16.9. The summed E-state index contributed by atoms with van der Waals surface area (Å²) in [7, 11) is -3.35. The van der Waals surface area contributed by atoms with E-state index < -0.39 is 9.84 Å². The monoisotopic (exact) mass is 393 g/mol. The molecule has 2 heterocycles. The first-order valence-corrected chi connectivity index (χ1v) is 11.4. The van der Waals surface area contributed by atoms with E-state index in [9.17, 15) is 12.8 Å². The van der Waals surface area contributed by atoms with E-state index in [1.807, 2.05) is 16.7 Å². The molecule has 0 aliphatic carbocycles. The van der Waals surface area contributed by atoms with Crippen LogP contribution in [0.3, 0.4) is 0 Å². The Morgan fingerprint density at radius 1 is 1.22 bits per heavy atom. The molecule has 1 aliphatic rings. The molecule has 27 heavy (non-hydrogen) atoms. The molecule has 148 valence electrons. The molecule has 1 atom stereocenters. The van der Waals surface area contributed by atoms with Crippen LogP contribution in [-0.4, -0.2) is 35.2 Å². The van der Waals surface area contributed by atoms with E-state index in [2.05, 4.69) is 16.8 Å². The lowest BCUT2D eigenvalue weighted by molar-refractivity contribution is 0.240. The SMILES string of the molecule is CCCCn1c(CN2CCCC2c2ccc(F)cc2)cnc1S(=O)(=O)CC. The molecule has 1 unspecified atom stereocenters. The zero-order valence-electron chi connectivity index (χ0n) is 16.1. The highest BCUT2D eigenvalue weighted by molar-refractivity contribution is 7.91. The molecule has 0 bridgehead atoms. The molecule has 0 saturated carbocycles. The van der Waals surface area contributed by atoms with Crippen LogP contribution >= 0.6 is 0 Å². The van der Waals surface area contributed by atoms with Gasteiger partial charge in [-0.25, -0.2) is 17.8 Å². The van der Waals surface area contributed by atoms with Crippen molar-refractivity contribution >= 4 is 9.84 Å². The molecule has 2 aromatic rings. The average molecular weight is 394 g/mol. The molecule has 0 N–H and O–H groups in total. The van der Waals surface area contributed by atoms with E-state index in [-0.39, 0.29) is 22.8 Å². The van der Waals surface area contributed by atoms with Crippen LogP contribution in [0.5, 0.6) is 0 Å². The fourth-order valence-electron chi connectivity index (χ4n) is 3.74. The van der Waals surface area contributed by atoms with Crippen molar-refractivity contribution < 1.29 is 12.8 Å². The van der Waals surface area contributed by atoms with Gasteiger partial charge in [-0.3, -0.25) is 4.90 Å². The van der Waals surface area contributed by atoms with Crippen molar-refractivity contribution in [3.8, 4) is 0 Å². The largest absolute Gasteiger partial charge is 0.318 e. The molecule has 1 saturated heterocycles.